The van der Waals surface area contributed by atoms with Crippen molar-refractivity contribution in [3.8, 4) is 5.69 Å². The Morgan fingerprint density at radius 2 is 1.73 bits per heavy atom. The summed E-state index contributed by atoms with van der Waals surface area (Å²) in [6.45, 7) is 6.22. The van der Waals surface area contributed by atoms with Crippen LogP contribution in [0.1, 0.15) is 38.7 Å². The minimum absolute atomic E-state index is 0.107. The molecule has 2 unspecified atom stereocenters. The number of fused-ring (bicyclic) bond motifs is 1. The smallest absolute Gasteiger partial charge is 0.266 e. The van der Waals surface area contributed by atoms with Gasteiger partial charge in [-0.2, -0.15) is 0 Å². The van der Waals surface area contributed by atoms with Crippen molar-refractivity contribution >= 4 is 28.6 Å². The summed E-state index contributed by atoms with van der Waals surface area (Å²) >= 11 is 1.35. The quantitative estimate of drug-likeness (QED) is 0.457. The van der Waals surface area contributed by atoms with Crippen molar-refractivity contribution in [2.75, 3.05) is 5.75 Å². The molecule has 0 saturated carbocycles. The first kappa shape index (κ1) is 20.7. The largest absolute Gasteiger partial charge is 0.337 e. The number of likely N-dealkylation sites (tertiary alicyclic amines) is 1. The monoisotopic (exact) mass is 421 g/mol. The van der Waals surface area contributed by atoms with Crippen LogP contribution in [0.4, 0.5) is 0 Å². The van der Waals surface area contributed by atoms with Crippen LogP contribution in [-0.2, 0) is 4.79 Å². The molecule has 6 heteroatoms. The van der Waals surface area contributed by atoms with Crippen molar-refractivity contribution < 1.29 is 4.79 Å². The van der Waals surface area contributed by atoms with Crippen LogP contribution in [0.5, 0.6) is 0 Å². The number of hydrogen-bond donors (Lipinski definition) is 0. The summed E-state index contributed by atoms with van der Waals surface area (Å²) < 4.78 is 1.65. The number of carbonyl (C=O) groups is 1. The number of amides is 1. The SMILES string of the molecule is Cc1ccccc1-n1c(SCC(=O)N2C(C)CCCC2C)nc2ccccc2c1=O. The van der Waals surface area contributed by atoms with Crippen LogP contribution < -0.4 is 5.56 Å². The Kier molecular flexibility index (Phi) is 5.95. The molecule has 1 aliphatic heterocycles. The number of benzene rings is 2. The highest BCUT2D eigenvalue weighted by molar-refractivity contribution is 7.99. The van der Waals surface area contributed by atoms with E-state index in [4.69, 9.17) is 4.98 Å². The van der Waals surface area contributed by atoms with Gasteiger partial charge in [-0.15, -0.1) is 0 Å². The van der Waals surface area contributed by atoms with Crippen LogP contribution in [0.3, 0.4) is 0 Å². The van der Waals surface area contributed by atoms with E-state index >= 15 is 0 Å². The number of aryl methyl sites for hydroxylation is 1. The van der Waals surface area contributed by atoms with Gasteiger partial charge in [-0.25, -0.2) is 4.98 Å². The summed E-state index contributed by atoms with van der Waals surface area (Å²) in [4.78, 5) is 33.2. The van der Waals surface area contributed by atoms with E-state index in [1.54, 1.807) is 10.6 Å². The van der Waals surface area contributed by atoms with Gasteiger partial charge in [0.05, 0.1) is 22.3 Å². The fourth-order valence-corrected chi connectivity index (χ4v) is 5.22. The molecular formula is C24H27N3O2S. The van der Waals surface area contributed by atoms with Gasteiger partial charge in [-0.1, -0.05) is 42.1 Å². The highest BCUT2D eigenvalue weighted by Gasteiger charge is 2.29. The normalized spacial score (nSPS) is 19.2. The summed E-state index contributed by atoms with van der Waals surface area (Å²) in [7, 11) is 0. The minimum Gasteiger partial charge on any atom is -0.337 e. The number of hydrogen-bond acceptors (Lipinski definition) is 4. The molecule has 1 amide bonds. The lowest BCUT2D eigenvalue weighted by Crippen LogP contribution is -2.48. The molecule has 1 aromatic heterocycles. The van der Waals surface area contributed by atoms with Gasteiger partial charge in [0.1, 0.15) is 0 Å². The number of para-hydroxylation sites is 2. The maximum absolute atomic E-state index is 13.4. The number of aromatic nitrogens is 2. The van der Waals surface area contributed by atoms with Crippen molar-refractivity contribution in [2.24, 2.45) is 0 Å². The zero-order valence-electron chi connectivity index (χ0n) is 17.7. The third-order valence-electron chi connectivity index (χ3n) is 5.91. The summed E-state index contributed by atoms with van der Waals surface area (Å²) in [5.74, 6) is 0.379. The molecule has 0 aliphatic carbocycles. The zero-order valence-corrected chi connectivity index (χ0v) is 18.5. The van der Waals surface area contributed by atoms with Crippen molar-refractivity contribution in [3.63, 3.8) is 0 Å². The van der Waals surface area contributed by atoms with Crippen LogP contribution in [-0.4, -0.2) is 38.2 Å². The Balaban J connectivity index is 1.73. The number of piperidine rings is 1. The molecule has 1 aliphatic rings. The maximum Gasteiger partial charge on any atom is 0.266 e. The van der Waals surface area contributed by atoms with E-state index in [0.717, 1.165) is 30.5 Å². The maximum atomic E-state index is 13.4. The number of thioether (sulfide) groups is 1. The lowest BCUT2D eigenvalue weighted by molar-refractivity contribution is -0.134. The molecule has 0 spiro atoms. The van der Waals surface area contributed by atoms with Crippen LogP contribution in [0.25, 0.3) is 16.6 Å². The van der Waals surface area contributed by atoms with E-state index in [-0.39, 0.29) is 29.3 Å². The van der Waals surface area contributed by atoms with Crippen LogP contribution in [0, 0.1) is 6.92 Å². The van der Waals surface area contributed by atoms with Crippen molar-refractivity contribution in [1.82, 2.24) is 14.5 Å². The van der Waals surface area contributed by atoms with Crippen molar-refractivity contribution in [2.45, 2.75) is 57.3 Å². The Bertz CT molecular complexity index is 1130. The summed E-state index contributed by atoms with van der Waals surface area (Å²) in [6, 6.07) is 15.7. The first-order chi connectivity index (χ1) is 14.5. The van der Waals surface area contributed by atoms with E-state index in [2.05, 4.69) is 13.8 Å². The molecule has 30 heavy (non-hydrogen) atoms. The Morgan fingerprint density at radius 1 is 1.07 bits per heavy atom. The molecule has 3 aromatic rings. The third kappa shape index (κ3) is 3.88. The second kappa shape index (κ2) is 8.64. The first-order valence-corrected chi connectivity index (χ1v) is 11.5. The lowest BCUT2D eigenvalue weighted by atomic mass is 9.98. The molecule has 4 rings (SSSR count). The summed E-state index contributed by atoms with van der Waals surface area (Å²) in [5, 5.41) is 1.13. The molecule has 1 saturated heterocycles. The second-order valence-electron chi connectivity index (χ2n) is 8.06. The molecule has 2 aromatic carbocycles. The molecule has 0 bridgehead atoms. The fourth-order valence-electron chi connectivity index (χ4n) is 4.35. The topological polar surface area (TPSA) is 55.2 Å². The van der Waals surface area contributed by atoms with Crippen LogP contribution in [0.2, 0.25) is 0 Å². The predicted octanol–water partition coefficient (Wildman–Crippen LogP) is 4.58. The fraction of sp³-hybridized carbons (Fsp3) is 0.375. The molecule has 0 radical (unpaired) electrons. The molecular weight excluding hydrogens is 394 g/mol. The first-order valence-electron chi connectivity index (χ1n) is 10.5. The number of carbonyl (C=O) groups excluding carboxylic acids is 1. The zero-order chi connectivity index (χ0) is 21.3. The average molecular weight is 422 g/mol. The number of rotatable bonds is 4. The Morgan fingerprint density at radius 3 is 2.47 bits per heavy atom. The van der Waals surface area contributed by atoms with E-state index in [1.807, 2.05) is 54.3 Å². The Labute approximate surface area is 181 Å². The van der Waals surface area contributed by atoms with Gasteiger partial charge in [0.2, 0.25) is 5.91 Å². The average Bonchev–Trinajstić information content (AvgIpc) is 2.73. The van der Waals surface area contributed by atoms with Crippen molar-refractivity contribution in [3.05, 3.63) is 64.4 Å². The molecule has 1 fully saturated rings. The van der Waals surface area contributed by atoms with E-state index in [9.17, 15) is 9.59 Å². The lowest BCUT2D eigenvalue weighted by Gasteiger charge is -2.39. The molecule has 156 valence electrons. The van der Waals surface area contributed by atoms with Gasteiger partial charge in [0, 0.05) is 12.1 Å². The molecule has 2 heterocycles. The highest BCUT2D eigenvalue weighted by Crippen LogP contribution is 2.27. The van der Waals surface area contributed by atoms with Gasteiger partial charge in [0.15, 0.2) is 5.16 Å². The number of nitrogens with zero attached hydrogens (tertiary/aromatic N) is 3. The van der Waals surface area contributed by atoms with E-state index < -0.39 is 0 Å². The highest BCUT2D eigenvalue weighted by atomic mass is 32.2. The summed E-state index contributed by atoms with van der Waals surface area (Å²) in [6.07, 6.45) is 3.25. The third-order valence-corrected chi connectivity index (χ3v) is 6.83. The molecule has 2 atom stereocenters. The standard InChI is InChI=1S/C24H27N3O2S/c1-16-9-4-7-14-21(16)27-23(29)19-12-5-6-13-20(19)25-24(27)30-15-22(28)26-17(2)10-8-11-18(26)3/h4-7,9,12-14,17-18H,8,10-11,15H2,1-3H3. The predicted molar refractivity (Wildman–Crippen MR) is 122 cm³/mol. The second-order valence-corrected chi connectivity index (χ2v) is 9.00. The van der Waals surface area contributed by atoms with E-state index in [1.165, 1.54) is 11.8 Å². The van der Waals surface area contributed by atoms with Gasteiger partial charge < -0.3 is 4.90 Å². The van der Waals surface area contributed by atoms with Gasteiger partial charge in [-0.3, -0.25) is 14.2 Å². The van der Waals surface area contributed by atoms with Gasteiger partial charge in [0.25, 0.3) is 5.56 Å². The summed E-state index contributed by atoms with van der Waals surface area (Å²) in [5.41, 5.74) is 2.34. The van der Waals surface area contributed by atoms with Gasteiger partial charge >= 0.3 is 0 Å². The van der Waals surface area contributed by atoms with Crippen molar-refractivity contribution in [1.29, 1.82) is 0 Å². The van der Waals surface area contributed by atoms with Gasteiger partial charge in [-0.05, 0) is 63.8 Å². The van der Waals surface area contributed by atoms with E-state index in [0.29, 0.717) is 16.1 Å². The molecule has 0 N–H and O–H groups in total. The molecule has 5 nitrogen and oxygen atoms in total. The minimum atomic E-state index is -0.107. The van der Waals surface area contributed by atoms with Crippen LogP contribution in [0.15, 0.2) is 58.5 Å². The van der Waals surface area contributed by atoms with Crippen LogP contribution >= 0.6 is 11.8 Å². The Hall–Kier alpha value is -2.60.